The first-order valence-corrected chi connectivity index (χ1v) is 8.85. The van der Waals surface area contributed by atoms with Crippen molar-refractivity contribution in [3.63, 3.8) is 0 Å². The Hall–Kier alpha value is -1.85. The van der Waals surface area contributed by atoms with Gasteiger partial charge in [-0.05, 0) is 31.5 Å². The van der Waals surface area contributed by atoms with Gasteiger partial charge in [0, 0.05) is 37.3 Å². The molecule has 0 bridgehead atoms. The van der Waals surface area contributed by atoms with Gasteiger partial charge in [-0.3, -0.25) is 4.68 Å². The minimum absolute atomic E-state index is 0.000590. The van der Waals surface area contributed by atoms with Gasteiger partial charge in [-0.15, -0.1) is 0 Å². The number of rotatable bonds is 7. The lowest BCUT2D eigenvalue weighted by molar-refractivity contribution is 0.173. The Morgan fingerprint density at radius 2 is 2.00 bits per heavy atom. The number of benzene rings is 1. The summed E-state index contributed by atoms with van der Waals surface area (Å²) >= 11 is 0. The van der Waals surface area contributed by atoms with E-state index >= 15 is 0 Å². The Labute approximate surface area is 151 Å². The fourth-order valence-corrected chi connectivity index (χ4v) is 2.83. The Bertz CT molecular complexity index is 686. The first-order valence-electron chi connectivity index (χ1n) is 8.85. The summed E-state index contributed by atoms with van der Waals surface area (Å²) in [5.41, 5.74) is 3.11. The van der Waals surface area contributed by atoms with Crippen molar-refractivity contribution < 1.29 is 9.84 Å². The van der Waals surface area contributed by atoms with Crippen LogP contribution in [0.15, 0.2) is 30.5 Å². The maximum atomic E-state index is 10.5. The van der Waals surface area contributed by atoms with Crippen LogP contribution in [0.2, 0.25) is 0 Å². The monoisotopic (exact) mass is 345 g/mol. The maximum Gasteiger partial charge on any atom is 0.120 e. The lowest BCUT2D eigenvalue weighted by atomic mass is 9.89. The average Bonchev–Trinajstić information content (AvgIpc) is 2.88. The second-order valence-corrected chi connectivity index (χ2v) is 7.81. The van der Waals surface area contributed by atoms with E-state index in [0.29, 0.717) is 13.1 Å². The van der Waals surface area contributed by atoms with Crippen molar-refractivity contribution in [2.24, 2.45) is 7.05 Å². The molecular weight excluding hydrogens is 314 g/mol. The molecule has 1 unspecified atom stereocenters. The molecule has 0 saturated heterocycles. The zero-order valence-corrected chi connectivity index (χ0v) is 16.2. The number of aromatic nitrogens is 2. The third-order valence-corrected chi connectivity index (χ3v) is 3.88. The van der Waals surface area contributed by atoms with Gasteiger partial charge in [0.15, 0.2) is 0 Å². The van der Waals surface area contributed by atoms with Gasteiger partial charge in [-0.2, -0.15) is 5.10 Å². The molecule has 2 aromatic rings. The van der Waals surface area contributed by atoms with Crippen molar-refractivity contribution in [3.05, 3.63) is 47.3 Å². The fraction of sp³-hybridized carbons (Fsp3) is 0.550. The molecule has 1 aromatic carbocycles. The molecule has 0 aliphatic heterocycles. The molecule has 2 rings (SSSR count). The summed E-state index contributed by atoms with van der Waals surface area (Å²) < 4.78 is 7.54. The highest BCUT2D eigenvalue weighted by atomic mass is 16.5. The van der Waals surface area contributed by atoms with E-state index < -0.39 is 6.10 Å². The minimum atomic E-state index is -0.578. The molecule has 0 radical (unpaired) electrons. The third kappa shape index (κ3) is 5.58. The second-order valence-electron chi connectivity index (χ2n) is 7.81. The van der Waals surface area contributed by atoms with Crippen molar-refractivity contribution in [2.75, 3.05) is 6.54 Å². The third-order valence-electron chi connectivity index (χ3n) is 3.88. The van der Waals surface area contributed by atoms with Crippen LogP contribution in [0.4, 0.5) is 0 Å². The van der Waals surface area contributed by atoms with E-state index in [2.05, 4.69) is 31.2 Å². The number of nitrogens with one attached hydrogen (secondary N) is 1. The summed E-state index contributed by atoms with van der Waals surface area (Å²) in [4.78, 5) is 0. The molecule has 0 spiro atoms. The number of ether oxygens (including phenoxy) is 1. The number of aliphatic hydroxyl groups is 1. The van der Waals surface area contributed by atoms with E-state index in [4.69, 9.17) is 4.74 Å². The van der Waals surface area contributed by atoms with Crippen LogP contribution in [0.25, 0.3) is 0 Å². The van der Waals surface area contributed by atoms with Crippen molar-refractivity contribution in [1.82, 2.24) is 15.1 Å². The second kappa shape index (κ2) is 8.02. The van der Waals surface area contributed by atoms with Crippen molar-refractivity contribution in [2.45, 2.75) is 58.8 Å². The molecule has 138 valence electrons. The molecule has 0 aliphatic rings. The van der Waals surface area contributed by atoms with E-state index in [-0.39, 0.29) is 11.5 Å². The van der Waals surface area contributed by atoms with Crippen LogP contribution in [0.5, 0.6) is 5.75 Å². The first kappa shape index (κ1) is 19.5. The first-order chi connectivity index (χ1) is 11.7. The molecule has 1 aromatic heterocycles. The van der Waals surface area contributed by atoms with Gasteiger partial charge in [0.05, 0.1) is 17.9 Å². The number of nitrogens with zero attached hydrogens (tertiary/aromatic N) is 2. The highest BCUT2D eigenvalue weighted by Crippen LogP contribution is 2.24. The highest BCUT2D eigenvalue weighted by Gasteiger charge is 2.21. The van der Waals surface area contributed by atoms with E-state index in [0.717, 1.165) is 17.0 Å². The quantitative estimate of drug-likeness (QED) is 0.808. The predicted molar refractivity (Wildman–Crippen MR) is 101 cm³/mol. The van der Waals surface area contributed by atoms with Crippen molar-refractivity contribution in [3.8, 4) is 5.75 Å². The van der Waals surface area contributed by atoms with Gasteiger partial charge in [0.25, 0.3) is 0 Å². The van der Waals surface area contributed by atoms with E-state index in [9.17, 15) is 5.11 Å². The molecule has 5 nitrogen and oxygen atoms in total. The van der Waals surface area contributed by atoms with Crippen LogP contribution in [-0.2, 0) is 19.0 Å². The lowest BCUT2D eigenvalue weighted by Crippen LogP contribution is -2.23. The van der Waals surface area contributed by atoms with Gasteiger partial charge in [0.2, 0.25) is 0 Å². The van der Waals surface area contributed by atoms with E-state index in [1.165, 1.54) is 5.56 Å². The standard InChI is InChI=1S/C20H31N3O2/c1-14(2)25-17-9-7-8-15(10-17)18(24)12-21-11-16-13-23(6)22-19(16)20(3,4)5/h7-10,13-14,18,21,24H,11-12H2,1-6H3. The zero-order chi connectivity index (χ0) is 18.6. The normalized spacial score (nSPS) is 13.3. The Balaban J connectivity index is 1.96. The number of aryl methyl sites for hydroxylation is 1. The molecule has 2 N–H and O–H groups in total. The molecule has 25 heavy (non-hydrogen) atoms. The van der Waals surface area contributed by atoms with Crippen LogP contribution < -0.4 is 10.1 Å². The Kier molecular flexibility index (Phi) is 6.25. The van der Waals surface area contributed by atoms with Crippen molar-refractivity contribution >= 4 is 0 Å². The Morgan fingerprint density at radius 3 is 2.64 bits per heavy atom. The molecular formula is C20H31N3O2. The molecule has 0 saturated carbocycles. The molecule has 0 aliphatic carbocycles. The van der Waals surface area contributed by atoms with Gasteiger partial charge >= 0.3 is 0 Å². The van der Waals surface area contributed by atoms with Gasteiger partial charge < -0.3 is 15.2 Å². The SMILES string of the molecule is CC(C)Oc1cccc(C(O)CNCc2cn(C)nc2C(C)(C)C)c1. The molecule has 1 heterocycles. The van der Waals surface area contributed by atoms with Crippen LogP contribution in [0.1, 0.15) is 57.5 Å². The van der Waals surface area contributed by atoms with E-state index in [1.807, 2.05) is 56.0 Å². The molecule has 0 amide bonds. The van der Waals surface area contributed by atoms with Gasteiger partial charge in [-0.1, -0.05) is 32.9 Å². The smallest absolute Gasteiger partial charge is 0.120 e. The summed E-state index contributed by atoms with van der Waals surface area (Å²) in [5, 5.41) is 18.4. The van der Waals surface area contributed by atoms with E-state index in [1.54, 1.807) is 0 Å². The minimum Gasteiger partial charge on any atom is -0.491 e. The number of hydrogen-bond donors (Lipinski definition) is 2. The van der Waals surface area contributed by atoms with Crippen LogP contribution >= 0.6 is 0 Å². The number of aliphatic hydroxyl groups excluding tert-OH is 1. The number of hydrogen-bond acceptors (Lipinski definition) is 4. The van der Waals surface area contributed by atoms with Crippen LogP contribution in [0.3, 0.4) is 0 Å². The molecule has 0 fully saturated rings. The average molecular weight is 345 g/mol. The Morgan fingerprint density at radius 1 is 1.28 bits per heavy atom. The lowest BCUT2D eigenvalue weighted by Gasteiger charge is -2.18. The van der Waals surface area contributed by atoms with Crippen LogP contribution in [-0.4, -0.2) is 27.5 Å². The summed E-state index contributed by atoms with van der Waals surface area (Å²) in [6, 6.07) is 7.64. The molecule has 1 atom stereocenters. The van der Waals surface area contributed by atoms with Crippen molar-refractivity contribution in [1.29, 1.82) is 0 Å². The highest BCUT2D eigenvalue weighted by molar-refractivity contribution is 5.30. The topological polar surface area (TPSA) is 59.3 Å². The molecule has 5 heteroatoms. The summed E-state index contributed by atoms with van der Waals surface area (Å²) in [6.07, 6.45) is 1.58. The van der Waals surface area contributed by atoms with Crippen LogP contribution in [0, 0.1) is 0 Å². The summed E-state index contributed by atoms with van der Waals surface area (Å²) in [7, 11) is 1.94. The maximum absolute atomic E-state index is 10.5. The fourth-order valence-electron chi connectivity index (χ4n) is 2.83. The largest absolute Gasteiger partial charge is 0.491 e. The zero-order valence-electron chi connectivity index (χ0n) is 16.2. The summed E-state index contributed by atoms with van der Waals surface area (Å²) in [6.45, 7) is 11.6. The predicted octanol–water partition coefficient (Wildman–Crippen LogP) is 3.33. The van der Waals surface area contributed by atoms with Gasteiger partial charge in [0.1, 0.15) is 5.75 Å². The summed E-state index contributed by atoms with van der Waals surface area (Å²) in [5.74, 6) is 0.786. The van der Waals surface area contributed by atoms with Gasteiger partial charge in [-0.25, -0.2) is 0 Å².